The highest BCUT2D eigenvalue weighted by Crippen LogP contribution is 2.22. The zero-order chi connectivity index (χ0) is 13.0. The van der Waals surface area contributed by atoms with Crippen LogP contribution >= 0.6 is 23.2 Å². The average molecular weight is 277 g/mol. The number of hydrogen-bond donors (Lipinski definition) is 0. The largest absolute Gasteiger partial charge is 0.289 e. The van der Waals surface area contributed by atoms with Crippen LogP contribution in [0.5, 0.6) is 0 Å². The first-order valence-corrected chi connectivity index (χ1v) is 6.15. The molecule has 90 valence electrons. The van der Waals surface area contributed by atoms with Crippen LogP contribution < -0.4 is 0 Å². The SMILES string of the molecule is O=C(/C=C/c1ccc(Cl)cc1Cl)c1ccccc1. The van der Waals surface area contributed by atoms with Gasteiger partial charge in [-0.1, -0.05) is 59.6 Å². The first kappa shape index (κ1) is 12.9. The van der Waals surface area contributed by atoms with Crippen molar-refractivity contribution in [2.24, 2.45) is 0 Å². The molecule has 1 nitrogen and oxygen atoms in total. The molecule has 2 aromatic carbocycles. The summed E-state index contributed by atoms with van der Waals surface area (Å²) in [6.45, 7) is 0. The van der Waals surface area contributed by atoms with Crippen LogP contribution in [0.3, 0.4) is 0 Å². The zero-order valence-corrected chi connectivity index (χ0v) is 10.9. The molecule has 0 N–H and O–H groups in total. The second kappa shape index (κ2) is 5.85. The number of benzene rings is 2. The fraction of sp³-hybridized carbons (Fsp3) is 0. The third-order valence-corrected chi connectivity index (χ3v) is 3.00. The Kier molecular flexibility index (Phi) is 4.19. The summed E-state index contributed by atoms with van der Waals surface area (Å²) in [4.78, 5) is 11.8. The molecule has 0 spiro atoms. The smallest absolute Gasteiger partial charge is 0.185 e. The predicted octanol–water partition coefficient (Wildman–Crippen LogP) is 4.89. The van der Waals surface area contributed by atoms with Crippen molar-refractivity contribution >= 4 is 35.1 Å². The quantitative estimate of drug-likeness (QED) is 0.576. The molecule has 0 bridgehead atoms. The van der Waals surface area contributed by atoms with Crippen LogP contribution in [0.25, 0.3) is 6.08 Å². The van der Waals surface area contributed by atoms with E-state index in [0.717, 1.165) is 5.56 Å². The highest BCUT2D eigenvalue weighted by Gasteiger charge is 2.01. The van der Waals surface area contributed by atoms with Crippen molar-refractivity contribution in [3.63, 3.8) is 0 Å². The van der Waals surface area contributed by atoms with E-state index in [-0.39, 0.29) is 5.78 Å². The van der Waals surface area contributed by atoms with Gasteiger partial charge in [0, 0.05) is 15.6 Å². The zero-order valence-electron chi connectivity index (χ0n) is 9.44. The number of hydrogen-bond acceptors (Lipinski definition) is 1. The maximum atomic E-state index is 11.8. The molecule has 0 aliphatic rings. The molecule has 3 heteroatoms. The summed E-state index contributed by atoms with van der Waals surface area (Å²) in [5.41, 5.74) is 1.42. The lowest BCUT2D eigenvalue weighted by Crippen LogP contribution is -1.92. The van der Waals surface area contributed by atoms with E-state index in [1.807, 2.05) is 18.2 Å². The maximum Gasteiger partial charge on any atom is 0.185 e. The Morgan fingerprint density at radius 2 is 1.72 bits per heavy atom. The molecule has 0 aromatic heterocycles. The normalized spacial score (nSPS) is 10.8. The highest BCUT2D eigenvalue weighted by atomic mass is 35.5. The van der Waals surface area contributed by atoms with E-state index in [2.05, 4.69) is 0 Å². The van der Waals surface area contributed by atoms with Gasteiger partial charge in [-0.2, -0.15) is 0 Å². The van der Waals surface area contributed by atoms with Gasteiger partial charge in [-0.3, -0.25) is 4.79 Å². The molecule has 0 fully saturated rings. The van der Waals surface area contributed by atoms with E-state index in [4.69, 9.17) is 23.2 Å². The van der Waals surface area contributed by atoms with Gasteiger partial charge < -0.3 is 0 Å². The summed E-state index contributed by atoms with van der Waals surface area (Å²) in [6.07, 6.45) is 3.19. The maximum absolute atomic E-state index is 11.8. The predicted molar refractivity (Wildman–Crippen MR) is 76.3 cm³/mol. The Labute approximate surface area is 116 Å². The second-order valence-corrected chi connectivity index (χ2v) is 4.57. The van der Waals surface area contributed by atoms with Crippen LogP contribution in [0.4, 0.5) is 0 Å². The molecule has 0 aliphatic heterocycles. The standard InChI is InChI=1S/C15H10Cl2O/c16-13-8-6-11(14(17)10-13)7-9-15(18)12-4-2-1-3-5-12/h1-10H/b9-7+. The van der Waals surface area contributed by atoms with Gasteiger partial charge in [0.05, 0.1) is 0 Å². The van der Waals surface area contributed by atoms with Crippen LogP contribution in [-0.2, 0) is 0 Å². The first-order valence-electron chi connectivity index (χ1n) is 5.39. The Hall–Kier alpha value is -1.57. The van der Waals surface area contributed by atoms with Crippen molar-refractivity contribution in [2.75, 3.05) is 0 Å². The molecular weight excluding hydrogens is 267 g/mol. The molecule has 0 aliphatic carbocycles. The lowest BCUT2D eigenvalue weighted by Gasteiger charge is -1.98. The minimum Gasteiger partial charge on any atom is -0.289 e. The Balaban J connectivity index is 2.19. The van der Waals surface area contributed by atoms with Gasteiger partial charge in [0.15, 0.2) is 5.78 Å². The van der Waals surface area contributed by atoms with Crippen molar-refractivity contribution in [3.8, 4) is 0 Å². The Morgan fingerprint density at radius 3 is 2.39 bits per heavy atom. The van der Waals surface area contributed by atoms with E-state index in [0.29, 0.717) is 15.6 Å². The van der Waals surface area contributed by atoms with Crippen LogP contribution in [0, 0.1) is 0 Å². The van der Waals surface area contributed by atoms with Gasteiger partial charge in [0.1, 0.15) is 0 Å². The summed E-state index contributed by atoms with van der Waals surface area (Å²) < 4.78 is 0. The molecule has 18 heavy (non-hydrogen) atoms. The van der Waals surface area contributed by atoms with Crippen molar-refractivity contribution in [1.82, 2.24) is 0 Å². The molecule has 0 atom stereocenters. The molecule has 0 amide bonds. The molecular formula is C15H10Cl2O. The van der Waals surface area contributed by atoms with Gasteiger partial charge in [-0.15, -0.1) is 0 Å². The molecule has 0 radical (unpaired) electrons. The summed E-state index contributed by atoms with van der Waals surface area (Å²) in [5, 5.41) is 1.10. The van der Waals surface area contributed by atoms with E-state index in [9.17, 15) is 4.79 Å². The van der Waals surface area contributed by atoms with Crippen LogP contribution in [-0.4, -0.2) is 5.78 Å². The highest BCUT2D eigenvalue weighted by molar-refractivity contribution is 6.35. The molecule has 0 heterocycles. The molecule has 0 saturated carbocycles. The van der Waals surface area contributed by atoms with Gasteiger partial charge in [-0.25, -0.2) is 0 Å². The van der Waals surface area contributed by atoms with E-state index in [1.165, 1.54) is 6.08 Å². The number of halogens is 2. The number of carbonyl (C=O) groups is 1. The van der Waals surface area contributed by atoms with E-state index in [1.54, 1.807) is 36.4 Å². The number of ketones is 1. The third-order valence-electron chi connectivity index (χ3n) is 2.44. The average Bonchev–Trinajstić information content (AvgIpc) is 2.38. The second-order valence-electron chi connectivity index (χ2n) is 3.73. The van der Waals surface area contributed by atoms with Crippen molar-refractivity contribution < 1.29 is 4.79 Å². The van der Waals surface area contributed by atoms with Gasteiger partial charge >= 0.3 is 0 Å². The lowest BCUT2D eigenvalue weighted by molar-refractivity contribution is 0.104. The first-order chi connectivity index (χ1) is 8.66. The fourth-order valence-electron chi connectivity index (χ4n) is 1.50. The monoisotopic (exact) mass is 276 g/mol. The van der Waals surface area contributed by atoms with Crippen molar-refractivity contribution in [2.45, 2.75) is 0 Å². The van der Waals surface area contributed by atoms with Crippen LogP contribution in [0.15, 0.2) is 54.6 Å². The summed E-state index contributed by atoms with van der Waals surface area (Å²) in [5.74, 6) is -0.0541. The summed E-state index contributed by atoms with van der Waals surface area (Å²) in [7, 11) is 0. The van der Waals surface area contributed by atoms with Crippen LogP contribution in [0.1, 0.15) is 15.9 Å². The Morgan fingerprint density at radius 1 is 1.00 bits per heavy atom. The minimum atomic E-state index is -0.0541. The molecule has 0 unspecified atom stereocenters. The molecule has 2 rings (SSSR count). The van der Waals surface area contributed by atoms with Gasteiger partial charge in [0.2, 0.25) is 0 Å². The van der Waals surface area contributed by atoms with E-state index < -0.39 is 0 Å². The number of rotatable bonds is 3. The van der Waals surface area contributed by atoms with Crippen molar-refractivity contribution in [1.29, 1.82) is 0 Å². The third kappa shape index (κ3) is 3.22. The minimum absolute atomic E-state index is 0.0541. The molecule has 0 saturated heterocycles. The van der Waals surface area contributed by atoms with Crippen molar-refractivity contribution in [3.05, 3.63) is 75.8 Å². The number of carbonyl (C=O) groups excluding carboxylic acids is 1. The lowest BCUT2D eigenvalue weighted by atomic mass is 10.1. The van der Waals surface area contributed by atoms with Gasteiger partial charge in [-0.05, 0) is 29.8 Å². The fourth-order valence-corrected chi connectivity index (χ4v) is 1.97. The Bertz CT molecular complexity index is 589. The van der Waals surface area contributed by atoms with E-state index >= 15 is 0 Å². The summed E-state index contributed by atoms with van der Waals surface area (Å²) >= 11 is 11.8. The summed E-state index contributed by atoms with van der Waals surface area (Å²) in [6, 6.07) is 14.2. The topological polar surface area (TPSA) is 17.1 Å². The number of allylic oxidation sites excluding steroid dienone is 1. The molecule has 2 aromatic rings. The van der Waals surface area contributed by atoms with Crippen LogP contribution in [0.2, 0.25) is 10.0 Å². The van der Waals surface area contributed by atoms with Gasteiger partial charge in [0.25, 0.3) is 0 Å².